The Labute approximate surface area is 187 Å². The van der Waals surface area contributed by atoms with Crippen LogP contribution in [0.3, 0.4) is 0 Å². The van der Waals surface area contributed by atoms with Gasteiger partial charge in [-0.3, -0.25) is 9.69 Å². The van der Waals surface area contributed by atoms with Crippen molar-refractivity contribution in [2.45, 2.75) is 13.5 Å². The van der Waals surface area contributed by atoms with E-state index in [1.165, 1.54) is 0 Å². The second-order valence-corrected chi connectivity index (χ2v) is 8.04. The zero-order valence-electron chi connectivity index (χ0n) is 16.2. The second-order valence-electron chi connectivity index (χ2n) is 6.79. The van der Waals surface area contributed by atoms with Crippen LogP contribution in [0.25, 0.3) is 0 Å². The van der Waals surface area contributed by atoms with Crippen molar-refractivity contribution in [2.24, 2.45) is 0 Å². The van der Waals surface area contributed by atoms with Gasteiger partial charge in [0.25, 0.3) is 5.56 Å². The van der Waals surface area contributed by atoms with Gasteiger partial charge in [-0.1, -0.05) is 60.1 Å². The Morgan fingerprint density at radius 3 is 2.37 bits per heavy atom. The zero-order valence-corrected chi connectivity index (χ0v) is 18.5. The molecule has 2 heterocycles. The number of hydrogen-bond acceptors (Lipinski definition) is 4. The molecule has 0 atom stereocenters. The van der Waals surface area contributed by atoms with Gasteiger partial charge in [0.1, 0.15) is 5.15 Å². The monoisotopic (exact) mass is 480 g/mol. The molecular formula is C23H18BrClN4O. The smallest absolute Gasteiger partial charge is 0.294 e. The Balaban J connectivity index is 1.90. The molecule has 4 aromatic rings. The first-order valence-corrected chi connectivity index (χ1v) is 10.5. The maximum Gasteiger partial charge on any atom is 0.294 e. The number of aryl methyl sites for hydroxylation is 1. The molecule has 30 heavy (non-hydrogen) atoms. The van der Waals surface area contributed by atoms with Crippen LogP contribution in [-0.2, 0) is 6.54 Å². The van der Waals surface area contributed by atoms with Gasteiger partial charge in [0, 0.05) is 18.1 Å². The molecule has 0 saturated heterocycles. The summed E-state index contributed by atoms with van der Waals surface area (Å²) in [6, 6.07) is 21.2. The van der Waals surface area contributed by atoms with Crippen molar-refractivity contribution >= 4 is 44.9 Å². The second kappa shape index (κ2) is 8.81. The van der Waals surface area contributed by atoms with E-state index in [0.29, 0.717) is 12.4 Å². The Morgan fingerprint density at radius 2 is 1.70 bits per heavy atom. The number of para-hydroxylation sites is 1. The van der Waals surface area contributed by atoms with Crippen molar-refractivity contribution in [1.29, 1.82) is 0 Å². The molecule has 2 aromatic heterocycles. The fourth-order valence-corrected chi connectivity index (χ4v) is 3.99. The molecule has 0 bridgehead atoms. The average molecular weight is 482 g/mol. The lowest BCUT2D eigenvalue weighted by molar-refractivity contribution is 0.747. The number of nitrogens with zero attached hydrogens (tertiary/aromatic N) is 4. The summed E-state index contributed by atoms with van der Waals surface area (Å²) in [5, 5.41) is 0.227. The summed E-state index contributed by atoms with van der Waals surface area (Å²) in [5.74, 6) is 0.742. The fraction of sp³-hybridized carbons (Fsp3) is 0.0870. The highest BCUT2D eigenvalue weighted by Crippen LogP contribution is 2.35. The molecule has 0 unspecified atom stereocenters. The number of halogens is 2. The van der Waals surface area contributed by atoms with E-state index in [2.05, 4.69) is 25.9 Å². The number of aromatic nitrogens is 3. The highest BCUT2D eigenvalue weighted by Gasteiger charge is 2.22. The van der Waals surface area contributed by atoms with Crippen molar-refractivity contribution in [3.63, 3.8) is 0 Å². The Hall–Kier alpha value is -2.96. The van der Waals surface area contributed by atoms with Crippen molar-refractivity contribution < 1.29 is 0 Å². The molecule has 7 heteroatoms. The minimum absolute atomic E-state index is 0.182. The van der Waals surface area contributed by atoms with Crippen LogP contribution in [0.15, 0.2) is 88.4 Å². The molecular weight excluding hydrogens is 464 g/mol. The van der Waals surface area contributed by atoms with E-state index in [4.69, 9.17) is 11.6 Å². The predicted molar refractivity (Wildman–Crippen MR) is 124 cm³/mol. The number of anilines is 3. The first-order valence-electron chi connectivity index (χ1n) is 9.31. The average Bonchev–Trinajstić information content (AvgIpc) is 2.74. The van der Waals surface area contributed by atoms with E-state index in [1.54, 1.807) is 21.9 Å². The van der Waals surface area contributed by atoms with Crippen LogP contribution < -0.4 is 10.5 Å². The Kier molecular flexibility index (Phi) is 5.97. The van der Waals surface area contributed by atoms with Gasteiger partial charge in [-0.05, 0) is 52.2 Å². The third kappa shape index (κ3) is 4.30. The SMILES string of the molecule is Cc1cnc(N(c2ccccc2)c2nc(Cl)cn(Cc3ccccc3)c2=O)c(Br)c1. The number of hydrogen-bond donors (Lipinski definition) is 0. The summed E-state index contributed by atoms with van der Waals surface area (Å²) in [5.41, 5.74) is 2.49. The molecule has 4 rings (SSSR count). The lowest BCUT2D eigenvalue weighted by Gasteiger charge is -2.24. The minimum Gasteiger partial charge on any atom is -0.305 e. The Morgan fingerprint density at radius 1 is 1.03 bits per heavy atom. The molecule has 0 radical (unpaired) electrons. The summed E-state index contributed by atoms with van der Waals surface area (Å²) in [4.78, 5) is 24.1. The van der Waals surface area contributed by atoms with E-state index < -0.39 is 0 Å². The Bertz CT molecular complexity index is 1230. The summed E-state index contributed by atoms with van der Waals surface area (Å²) in [6.07, 6.45) is 3.31. The summed E-state index contributed by atoms with van der Waals surface area (Å²) < 4.78 is 2.32. The van der Waals surface area contributed by atoms with Crippen LogP contribution in [0.2, 0.25) is 5.15 Å². The van der Waals surface area contributed by atoms with Crippen molar-refractivity contribution in [1.82, 2.24) is 14.5 Å². The molecule has 0 saturated carbocycles. The molecule has 0 aliphatic rings. The summed E-state index contributed by atoms with van der Waals surface area (Å²) in [6.45, 7) is 2.35. The molecule has 150 valence electrons. The molecule has 0 amide bonds. The molecule has 0 aliphatic heterocycles. The third-order valence-electron chi connectivity index (χ3n) is 4.52. The molecule has 0 aliphatic carbocycles. The maximum atomic E-state index is 13.4. The normalized spacial score (nSPS) is 10.8. The number of pyridine rings is 1. The van der Waals surface area contributed by atoms with E-state index in [1.807, 2.05) is 73.7 Å². The predicted octanol–water partition coefficient (Wildman–Crippen LogP) is 5.88. The van der Waals surface area contributed by atoms with Crippen LogP contribution in [0.5, 0.6) is 0 Å². The molecule has 5 nitrogen and oxygen atoms in total. The number of benzene rings is 2. The minimum atomic E-state index is -0.263. The first-order chi connectivity index (χ1) is 14.5. The number of rotatable bonds is 5. The zero-order chi connectivity index (χ0) is 21.1. The van der Waals surface area contributed by atoms with Gasteiger partial charge >= 0.3 is 0 Å². The lowest BCUT2D eigenvalue weighted by Crippen LogP contribution is -2.29. The van der Waals surface area contributed by atoms with Gasteiger partial charge in [-0.2, -0.15) is 0 Å². The summed E-state index contributed by atoms with van der Waals surface area (Å²) in [7, 11) is 0. The van der Waals surface area contributed by atoms with Crippen LogP contribution in [0, 0.1) is 6.92 Å². The van der Waals surface area contributed by atoms with Gasteiger partial charge in [0.15, 0.2) is 5.82 Å². The standard InChI is InChI=1S/C23H18BrClN4O/c1-16-12-19(24)21(26-13-16)29(18-10-6-3-7-11-18)22-23(30)28(15-20(25)27-22)14-17-8-4-2-5-9-17/h2-13,15H,14H2,1H3. The highest BCUT2D eigenvalue weighted by atomic mass is 79.9. The van der Waals surface area contributed by atoms with Gasteiger partial charge in [-0.25, -0.2) is 9.97 Å². The third-order valence-corrected chi connectivity index (χ3v) is 5.29. The molecule has 0 spiro atoms. The van der Waals surface area contributed by atoms with Crippen molar-refractivity contribution in [3.8, 4) is 0 Å². The van der Waals surface area contributed by atoms with E-state index in [9.17, 15) is 4.79 Å². The molecule has 0 fully saturated rings. The first kappa shape index (κ1) is 20.3. The summed E-state index contributed by atoms with van der Waals surface area (Å²) >= 11 is 9.93. The van der Waals surface area contributed by atoms with Crippen molar-refractivity contribution in [2.75, 3.05) is 4.90 Å². The molecule has 0 N–H and O–H groups in total. The van der Waals surface area contributed by atoms with Gasteiger partial charge in [0.2, 0.25) is 5.82 Å². The van der Waals surface area contributed by atoms with Gasteiger partial charge in [-0.15, -0.1) is 0 Å². The highest BCUT2D eigenvalue weighted by molar-refractivity contribution is 9.10. The van der Waals surface area contributed by atoms with Crippen LogP contribution in [0.1, 0.15) is 11.1 Å². The van der Waals surface area contributed by atoms with E-state index >= 15 is 0 Å². The van der Waals surface area contributed by atoms with Crippen LogP contribution >= 0.6 is 27.5 Å². The lowest BCUT2D eigenvalue weighted by atomic mass is 10.2. The van der Waals surface area contributed by atoms with Gasteiger partial charge in [0.05, 0.1) is 11.0 Å². The molecule has 2 aromatic carbocycles. The maximum absolute atomic E-state index is 13.4. The van der Waals surface area contributed by atoms with E-state index in [0.717, 1.165) is 21.3 Å². The van der Waals surface area contributed by atoms with Crippen LogP contribution in [0.4, 0.5) is 17.3 Å². The van der Waals surface area contributed by atoms with E-state index in [-0.39, 0.29) is 16.5 Å². The largest absolute Gasteiger partial charge is 0.305 e. The van der Waals surface area contributed by atoms with Crippen LogP contribution in [-0.4, -0.2) is 14.5 Å². The topological polar surface area (TPSA) is 51.0 Å². The van der Waals surface area contributed by atoms with Gasteiger partial charge < -0.3 is 4.57 Å². The van der Waals surface area contributed by atoms with Crippen molar-refractivity contribution in [3.05, 3.63) is 110 Å². The quantitative estimate of drug-likeness (QED) is 0.357. The fourth-order valence-electron chi connectivity index (χ4n) is 3.15.